The minimum Gasteiger partial charge on any atom is -0.360 e. The second-order valence-corrected chi connectivity index (χ2v) is 5.75. The van der Waals surface area contributed by atoms with Gasteiger partial charge in [0, 0.05) is 11.4 Å². The number of hydrogen-bond donors (Lipinski definition) is 2. The van der Waals surface area contributed by atoms with Crippen LogP contribution in [0.2, 0.25) is 0 Å². The highest BCUT2D eigenvalue weighted by Crippen LogP contribution is 2.18. The number of anilines is 2. The maximum atomic E-state index is 11.5. The first kappa shape index (κ1) is 14.2. The molecule has 1 saturated heterocycles. The minimum atomic E-state index is -0.514. The molecule has 0 spiro atoms. The molecule has 2 rings (SSSR count). The number of hydrogen-bond acceptors (Lipinski definition) is 2. The SMILES string of the molecule is C[C@@H](Cl)C(=O)Nc1ccc(N2CC[NH+](C)CC2)cc1. The molecule has 0 aromatic heterocycles. The van der Waals surface area contributed by atoms with Gasteiger partial charge in [0.2, 0.25) is 5.91 Å². The Morgan fingerprint density at radius 3 is 2.42 bits per heavy atom. The summed E-state index contributed by atoms with van der Waals surface area (Å²) in [6.07, 6.45) is 0. The van der Waals surface area contributed by atoms with Crippen molar-refractivity contribution < 1.29 is 9.69 Å². The zero-order chi connectivity index (χ0) is 13.8. The van der Waals surface area contributed by atoms with Gasteiger partial charge in [-0.2, -0.15) is 0 Å². The number of alkyl halides is 1. The molecule has 1 heterocycles. The molecule has 0 radical (unpaired) electrons. The fraction of sp³-hybridized carbons (Fsp3) is 0.500. The Hall–Kier alpha value is -1.26. The van der Waals surface area contributed by atoms with Gasteiger partial charge in [0.15, 0.2) is 0 Å². The van der Waals surface area contributed by atoms with Crippen molar-refractivity contribution >= 4 is 28.9 Å². The van der Waals surface area contributed by atoms with Gasteiger partial charge in [-0.25, -0.2) is 0 Å². The molecule has 0 saturated carbocycles. The average Bonchev–Trinajstić information content (AvgIpc) is 2.40. The number of carbonyl (C=O) groups is 1. The molecule has 0 unspecified atom stereocenters. The predicted octanol–water partition coefficient (Wildman–Crippen LogP) is 0.587. The summed E-state index contributed by atoms with van der Waals surface area (Å²) >= 11 is 5.72. The molecule has 1 aromatic carbocycles. The number of benzene rings is 1. The molecule has 1 aliphatic rings. The minimum absolute atomic E-state index is 0.169. The molecule has 19 heavy (non-hydrogen) atoms. The number of likely N-dealkylation sites (N-methyl/N-ethyl adjacent to an activating group) is 1. The average molecular weight is 283 g/mol. The molecule has 1 fully saturated rings. The van der Waals surface area contributed by atoms with Crippen LogP contribution >= 0.6 is 11.6 Å². The van der Waals surface area contributed by atoms with Gasteiger partial charge in [0.1, 0.15) is 5.38 Å². The Labute approximate surface area is 119 Å². The first-order chi connectivity index (χ1) is 9.06. The molecule has 1 amide bonds. The summed E-state index contributed by atoms with van der Waals surface area (Å²) in [5.74, 6) is -0.169. The summed E-state index contributed by atoms with van der Waals surface area (Å²) in [4.78, 5) is 15.4. The van der Waals surface area contributed by atoms with Crippen molar-refractivity contribution in [2.45, 2.75) is 12.3 Å². The molecule has 1 atom stereocenters. The largest absolute Gasteiger partial charge is 0.360 e. The maximum Gasteiger partial charge on any atom is 0.242 e. The molecule has 1 aliphatic heterocycles. The van der Waals surface area contributed by atoms with Crippen molar-refractivity contribution in [3.05, 3.63) is 24.3 Å². The van der Waals surface area contributed by atoms with Crippen LogP contribution in [0.25, 0.3) is 0 Å². The zero-order valence-corrected chi connectivity index (χ0v) is 12.2. The molecule has 0 aliphatic carbocycles. The van der Waals surface area contributed by atoms with Gasteiger partial charge < -0.3 is 15.1 Å². The highest BCUT2D eigenvalue weighted by atomic mass is 35.5. The van der Waals surface area contributed by atoms with E-state index in [2.05, 4.69) is 29.4 Å². The number of quaternary nitrogens is 1. The topological polar surface area (TPSA) is 36.8 Å². The number of halogens is 1. The highest BCUT2D eigenvalue weighted by molar-refractivity contribution is 6.32. The number of amides is 1. The van der Waals surface area contributed by atoms with Gasteiger partial charge in [-0.3, -0.25) is 4.79 Å². The summed E-state index contributed by atoms with van der Waals surface area (Å²) in [5, 5.41) is 2.27. The number of carbonyl (C=O) groups excluding carboxylic acids is 1. The zero-order valence-electron chi connectivity index (χ0n) is 11.4. The van der Waals surface area contributed by atoms with Gasteiger partial charge in [-0.05, 0) is 31.2 Å². The Kier molecular flexibility index (Phi) is 4.66. The smallest absolute Gasteiger partial charge is 0.242 e. The summed E-state index contributed by atoms with van der Waals surface area (Å²) in [7, 11) is 2.23. The fourth-order valence-electron chi connectivity index (χ4n) is 2.14. The third-order valence-electron chi connectivity index (χ3n) is 3.48. The van der Waals surface area contributed by atoms with Crippen LogP contribution in [0.1, 0.15) is 6.92 Å². The lowest BCUT2D eigenvalue weighted by molar-refractivity contribution is -0.880. The second kappa shape index (κ2) is 6.26. The Balaban J connectivity index is 1.96. The van der Waals surface area contributed by atoms with Crippen LogP contribution < -0.4 is 15.1 Å². The molecular formula is C14H21ClN3O+. The van der Waals surface area contributed by atoms with Gasteiger partial charge >= 0.3 is 0 Å². The normalized spacial score (nSPS) is 18.2. The number of nitrogens with zero attached hydrogens (tertiary/aromatic N) is 1. The number of nitrogens with one attached hydrogen (secondary N) is 2. The van der Waals surface area contributed by atoms with Crippen LogP contribution in [0.3, 0.4) is 0 Å². The van der Waals surface area contributed by atoms with E-state index in [1.54, 1.807) is 11.8 Å². The van der Waals surface area contributed by atoms with Crippen molar-refractivity contribution in [3.8, 4) is 0 Å². The van der Waals surface area contributed by atoms with Gasteiger partial charge in [0.25, 0.3) is 0 Å². The highest BCUT2D eigenvalue weighted by Gasteiger charge is 2.16. The van der Waals surface area contributed by atoms with Crippen molar-refractivity contribution in [1.82, 2.24) is 0 Å². The fourth-order valence-corrected chi connectivity index (χ4v) is 2.20. The lowest BCUT2D eigenvalue weighted by Crippen LogP contribution is -3.12. The van der Waals surface area contributed by atoms with Crippen LogP contribution in [-0.2, 0) is 4.79 Å². The van der Waals surface area contributed by atoms with Crippen molar-refractivity contribution in [1.29, 1.82) is 0 Å². The van der Waals surface area contributed by atoms with E-state index in [0.29, 0.717) is 0 Å². The van der Waals surface area contributed by atoms with E-state index in [1.165, 1.54) is 18.8 Å². The van der Waals surface area contributed by atoms with Crippen LogP contribution in [0.4, 0.5) is 11.4 Å². The van der Waals surface area contributed by atoms with Crippen LogP contribution in [0.5, 0.6) is 0 Å². The predicted molar refractivity (Wildman–Crippen MR) is 79.2 cm³/mol. The molecule has 1 aromatic rings. The molecule has 104 valence electrons. The summed E-state index contributed by atoms with van der Waals surface area (Å²) in [6.45, 7) is 6.16. The van der Waals surface area contributed by atoms with Crippen molar-refractivity contribution in [2.75, 3.05) is 43.4 Å². The van der Waals surface area contributed by atoms with Gasteiger partial charge in [0.05, 0.1) is 33.2 Å². The van der Waals surface area contributed by atoms with Gasteiger partial charge in [-0.1, -0.05) is 0 Å². The lowest BCUT2D eigenvalue weighted by Gasteiger charge is -2.31. The van der Waals surface area contributed by atoms with Crippen molar-refractivity contribution in [3.63, 3.8) is 0 Å². The first-order valence-electron chi connectivity index (χ1n) is 6.67. The number of rotatable bonds is 3. The third kappa shape index (κ3) is 3.85. The maximum absolute atomic E-state index is 11.5. The van der Waals surface area contributed by atoms with E-state index in [-0.39, 0.29) is 5.91 Å². The Morgan fingerprint density at radius 2 is 1.89 bits per heavy atom. The molecule has 2 N–H and O–H groups in total. The molecular weight excluding hydrogens is 262 g/mol. The molecule has 4 nitrogen and oxygen atoms in total. The van der Waals surface area contributed by atoms with E-state index in [9.17, 15) is 4.79 Å². The van der Waals surface area contributed by atoms with E-state index in [0.717, 1.165) is 18.8 Å². The van der Waals surface area contributed by atoms with E-state index < -0.39 is 5.38 Å². The van der Waals surface area contributed by atoms with E-state index in [1.807, 2.05) is 12.1 Å². The standard InChI is InChI=1S/C14H20ClN3O/c1-11(15)14(19)16-12-3-5-13(6-4-12)18-9-7-17(2)8-10-18/h3-6,11H,7-10H2,1-2H3,(H,16,19)/p+1/t11-/m1/s1. The van der Waals surface area contributed by atoms with E-state index in [4.69, 9.17) is 11.6 Å². The quantitative estimate of drug-likeness (QED) is 0.796. The monoisotopic (exact) mass is 282 g/mol. The molecule has 0 bridgehead atoms. The second-order valence-electron chi connectivity index (χ2n) is 5.10. The number of piperazine rings is 1. The van der Waals surface area contributed by atoms with Crippen molar-refractivity contribution in [2.24, 2.45) is 0 Å². The third-order valence-corrected chi connectivity index (χ3v) is 3.68. The lowest BCUT2D eigenvalue weighted by atomic mass is 10.2. The summed E-state index contributed by atoms with van der Waals surface area (Å²) in [5.41, 5.74) is 2.01. The first-order valence-corrected chi connectivity index (χ1v) is 7.11. The van der Waals surface area contributed by atoms with Crippen LogP contribution in [0.15, 0.2) is 24.3 Å². The van der Waals surface area contributed by atoms with Gasteiger partial charge in [-0.15, -0.1) is 11.6 Å². The Morgan fingerprint density at radius 1 is 1.32 bits per heavy atom. The van der Waals surface area contributed by atoms with Crippen LogP contribution in [0, 0.1) is 0 Å². The van der Waals surface area contributed by atoms with E-state index >= 15 is 0 Å². The summed E-state index contributed by atoms with van der Waals surface area (Å²) < 4.78 is 0. The summed E-state index contributed by atoms with van der Waals surface area (Å²) in [6, 6.07) is 7.96. The molecule has 5 heteroatoms. The van der Waals surface area contributed by atoms with Crippen LogP contribution in [-0.4, -0.2) is 44.5 Å². The Bertz CT molecular complexity index is 425.